The Labute approximate surface area is 221 Å². The normalized spacial score (nSPS) is 21.3. The van der Waals surface area contributed by atoms with E-state index in [0.29, 0.717) is 20.8 Å². The van der Waals surface area contributed by atoms with Crippen LogP contribution in [0.3, 0.4) is 0 Å². The van der Waals surface area contributed by atoms with Crippen LogP contribution in [-0.2, 0) is 25.7 Å². The number of ether oxygens (including phenoxy) is 1. The minimum Gasteiger partial charge on any atom is -0.457 e. The molecule has 3 aromatic rings. The fourth-order valence-electron chi connectivity index (χ4n) is 5.24. The Morgan fingerprint density at radius 3 is 2.84 bits per heavy atom. The summed E-state index contributed by atoms with van der Waals surface area (Å²) in [7, 11) is 0. The van der Waals surface area contributed by atoms with E-state index in [1.165, 1.54) is 39.4 Å². The Kier molecular flexibility index (Phi) is 6.45. The first-order valence-corrected chi connectivity index (χ1v) is 12.8. The van der Waals surface area contributed by atoms with Crippen molar-refractivity contribution >= 4 is 45.3 Å². The fourth-order valence-corrected chi connectivity index (χ4v) is 6.45. The second-order valence-electron chi connectivity index (χ2n) is 9.36. The molecule has 2 aliphatic rings. The van der Waals surface area contributed by atoms with Gasteiger partial charge < -0.3 is 20.5 Å². The molecule has 0 aromatic carbocycles. The van der Waals surface area contributed by atoms with Gasteiger partial charge in [-0.05, 0) is 13.0 Å². The number of pyridine rings is 1. The Morgan fingerprint density at radius 1 is 1.39 bits per heavy atom. The Bertz CT molecular complexity index is 1540. The van der Waals surface area contributed by atoms with Crippen LogP contribution >= 0.6 is 11.3 Å². The lowest BCUT2D eigenvalue weighted by Gasteiger charge is -2.46. The average molecular weight is 537 g/mol. The van der Waals surface area contributed by atoms with Crippen LogP contribution in [0.2, 0.25) is 0 Å². The highest BCUT2D eigenvalue weighted by atomic mass is 32.1. The molecule has 5 rings (SSSR count). The number of ketones is 1. The zero-order chi connectivity index (χ0) is 27.3. The zero-order valence-electron chi connectivity index (χ0n) is 20.7. The minimum absolute atomic E-state index is 0.0157. The predicted molar refractivity (Wildman–Crippen MR) is 135 cm³/mol. The summed E-state index contributed by atoms with van der Waals surface area (Å²) in [4.78, 5) is 57.6. The number of hydrogen-bond donors (Lipinski definition) is 2. The number of carbonyl (C=O) groups is 4. The third-order valence-electron chi connectivity index (χ3n) is 6.85. The van der Waals surface area contributed by atoms with Gasteiger partial charge in [0.15, 0.2) is 12.4 Å². The number of rotatable bonds is 9. The molecule has 1 saturated heterocycles. The number of nitrogens with two attached hydrogens (primary N) is 1. The molecule has 5 heterocycles. The van der Waals surface area contributed by atoms with Crippen molar-refractivity contribution in [2.75, 3.05) is 6.61 Å². The maximum Gasteiger partial charge on any atom is 0.355 e. The van der Waals surface area contributed by atoms with E-state index in [1.807, 2.05) is 6.92 Å². The largest absolute Gasteiger partial charge is 0.457 e. The summed E-state index contributed by atoms with van der Waals surface area (Å²) in [5.74, 6) is -2.74. The van der Waals surface area contributed by atoms with Crippen LogP contribution in [0.25, 0.3) is 10.4 Å². The van der Waals surface area contributed by atoms with E-state index >= 15 is 0 Å². The summed E-state index contributed by atoms with van der Waals surface area (Å²) < 4.78 is 8.53. The van der Waals surface area contributed by atoms with E-state index in [1.54, 1.807) is 35.9 Å². The summed E-state index contributed by atoms with van der Waals surface area (Å²) in [6, 6.07) is 2.89. The van der Waals surface area contributed by atoms with Crippen molar-refractivity contribution in [2.24, 2.45) is 17.6 Å². The highest BCUT2D eigenvalue weighted by molar-refractivity contribution is 7.18. The molecule has 196 valence electrons. The van der Waals surface area contributed by atoms with Gasteiger partial charge in [0.05, 0.1) is 28.5 Å². The number of amides is 2. The van der Waals surface area contributed by atoms with E-state index in [2.05, 4.69) is 11.6 Å². The number of aliphatic hydroxyl groups is 1. The number of fused-ring (bicyclic) bond motifs is 2. The smallest absolute Gasteiger partial charge is 0.355 e. The number of aromatic nitrogens is 3. The maximum atomic E-state index is 13.3. The summed E-state index contributed by atoms with van der Waals surface area (Å²) in [5, 5.41) is 10.2. The SMILES string of the molecule is C=CCOC(=O)C1=C(c2cn3cnc(C(=O)c4ccc[n+](CC(N)=O)c4)c3s2)[C@H](C)[C@@H]2[C@@H]([C@@H](C)O)C(=O)N12. The molecular weight excluding hydrogens is 510 g/mol. The van der Waals surface area contributed by atoms with Gasteiger partial charge in [0.1, 0.15) is 29.2 Å². The quantitative estimate of drug-likeness (QED) is 0.134. The fraction of sp³-hybridized carbons (Fsp3) is 0.308. The van der Waals surface area contributed by atoms with Gasteiger partial charge in [-0.2, -0.15) is 4.57 Å². The first-order chi connectivity index (χ1) is 18.1. The van der Waals surface area contributed by atoms with E-state index in [-0.39, 0.29) is 48.2 Å². The van der Waals surface area contributed by atoms with Gasteiger partial charge in [-0.1, -0.05) is 19.6 Å². The van der Waals surface area contributed by atoms with Crippen LogP contribution in [0.4, 0.5) is 0 Å². The van der Waals surface area contributed by atoms with Crippen molar-refractivity contribution in [3.05, 3.63) is 71.5 Å². The van der Waals surface area contributed by atoms with E-state index in [4.69, 9.17) is 10.5 Å². The van der Waals surface area contributed by atoms with Crippen LogP contribution < -0.4 is 10.3 Å². The number of hydrogen-bond acceptors (Lipinski definition) is 8. The van der Waals surface area contributed by atoms with E-state index in [0.717, 1.165) is 0 Å². The lowest BCUT2D eigenvalue weighted by atomic mass is 9.77. The van der Waals surface area contributed by atoms with Crippen molar-refractivity contribution in [1.29, 1.82) is 0 Å². The Balaban J connectivity index is 1.56. The van der Waals surface area contributed by atoms with Crippen LogP contribution in [0, 0.1) is 11.8 Å². The maximum absolute atomic E-state index is 13.3. The van der Waals surface area contributed by atoms with Crippen molar-refractivity contribution in [2.45, 2.75) is 32.5 Å². The number of imidazole rings is 1. The second-order valence-corrected chi connectivity index (χ2v) is 10.4. The third-order valence-corrected chi connectivity index (χ3v) is 7.99. The van der Waals surface area contributed by atoms with Crippen LogP contribution in [-0.4, -0.2) is 61.7 Å². The Morgan fingerprint density at radius 2 is 2.16 bits per heavy atom. The van der Waals surface area contributed by atoms with E-state index < -0.39 is 23.9 Å². The molecule has 38 heavy (non-hydrogen) atoms. The lowest BCUT2D eigenvalue weighted by molar-refractivity contribution is -0.684. The van der Waals surface area contributed by atoms with E-state index in [9.17, 15) is 24.3 Å². The summed E-state index contributed by atoms with van der Waals surface area (Å²) >= 11 is 1.27. The molecule has 1 fully saturated rings. The number of carbonyl (C=O) groups excluding carboxylic acids is 4. The minimum atomic E-state index is -0.869. The number of nitrogens with zero attached hydrogens (tertiary/aromatic N) is 4. The van der Waals surface area contributed by atoms with Gasteiger partial charge in [-0.25, -0.2) is 9.78 Å². The molecule has 3 aromatic heterocycles. The summed E-state index contributed by atoms with van der Waals surface area (Å²) in [6.07, 6.45) is 7.03. The summed E-state index contributed by atoms with van der Waals surface area (Å²) in [6.45, 7) is 6.96. The molecule has 4 atom stereocenters. The molecule has 0 bridgehead atoms. The molecule has 0 unspecified atom stereocenters. The molecule has 0 saturated carbocycles. The van der Waals surface area contributed by atoms with Gasteiger partial charge in [0.25, 0.3) is 5.91 Å². The zero-order valence-corrected chi connectivity index (χ0v) is 21.6. The number of primary amides is 1. The molecule has 2 aliphatic heterocycles. The average Bonchev–Trinajstić information content (AvgIpc) is 3.51. The number of aliphatic hydroxyl groups excluding tert-OH is 1. The molecule has 2 amide bonds. The van der Waals surface area contributed by atoms with Crippen molar-refractivity contribution in [3.63, 3.8) is 0 Å². The second kappa shape index (κ2) is 9.62. The highest BCUT2D eigenvalue weighted by Gasteiger charge is 2.60. The molecule has 12 heteroatoms. The molecule has 0 aliphatic carbocycles. The number of β-lactam (4-membered cyclic amide) rings is 1. The third kappa shape index (κ3) is 4.02. The molecule has 3 N–H and O–H groups in total. The monoisotopic (exact) mass is 536 g/mol. The lowest BCUT2D eigenvalue weighted by Crippen LogP contribution is -2.63. The highest BCUT2D eigenvalue weighted by Crippen LogP contribution is 2.51. The van der Waals surface area contributed by atoms with Gasteiger partial charge in [-0.15, -0.1) is 11.3 Å². The van der Waals surface area contributed by atoms with Crippen LogP contribution in [0.1, 0.15) is 34.8 Å². The molecule has 11 nitrogen and oxygen atoms in total. The van der Waals surface area contributed by atoms with Gasteiger partial charge in [-0.3, -0.25) is 18.8 Å². The molecular formula is C26H26N5O6S+. The molecule has 0 radical (unpaired) electrons. The standard InChI is InChI=1S/C26H25N5O6S/c1-4-8-37-26(36)22-18(13(2)21-19(14(3)32)24(35)31(21)22)16-10-30-12-28-20(25(30)38-16)23(34)15-6-5-7-29(9-15)11-17(27)33/h4-7,9-10,12-14,19,21,32H,1,8,11H2,2-3H3,(H-,27,33)/p+1/t13-,14+,19+,21+/m0/s1. The summed E-state index contributed by atoms with van der Waals surface area (Å²) in [5.41, 5.74) is 6.58. The van der Waals surface area contributed by atoms with Gasteiger partial charge >= 0.3 is 5.97 Å². The topological polar surface area (TPSA) is 148 Å². The van der Waals surface area contributed by atoms with Gasteiger partial charge in [0.2, 0.25) is 18.2 Å². The van der Waals surface area contributed by atoms with Crippen molar-refractivity contribution in [1.82, 2.24) is 14.3 Å². The van der Waals surface area contributed by atoms with Crippen molar-refractivity contribution < 1.29 is 33.6 Å². The first kappa shape index (κ1) is 25.5. The number of thiazole rings is 1. The predicted octanol–water partition coefficient (Wildman–Crippen LogP) is 0.697. The Hall–Kier alpha value is -4.16. The molecule has 0 spiro atoms. The van der Waals surface area contributed by atoms with Gasteiger partial charge in [0, 0.05) is 23.8 Å². The van der Waals surface area contributed by atoms with Crippen LogP contribution in [0.5, 0.6) is 0 Å². The van der Waals surface area contributed by atoms with Crippen LogP contribution in [0.15, 0.2) is 55.4 Å². The first-order valence-electron chi connectivity index (χ1n) is 12.0. The van der Waals surface area contributed by atoms with Crippen molar-refractivity contribution in [3.8, 4) is 0 Å². The number of esters is 1.